The molecule has 0 aromatic heterocycles. The maximum Gasteiger partial charge on any atom is 0.268 e. The van der Waals surface area contributed by atoms with Gasteiger partial charge in [0.05, 0.1) is 12.2 Å². The highest BCUT2D eigenvalue weighted by Crippen LogP contribution is 2.41. The molecule has 0 amide bonds. The van der Waals surface area contributed by atoms with Crippen LogP contribution in [0, 0.1) is 0 Å². The van der Waals surface area contributed by atoms with Gasteiger partial charge in [-0.3, -0.25) is 4.79 Å². The van der Waals surface area contributed by atoms with Crippen LogP contribution in [0.4, 0.5) is 0 Å². The number of rotatable bonds is 6. The van der Waals surface area contributed by atoms with Crippen molar-refractivity contribution in [3.05, 3.63) is 34.4 Å². The van der Waals surface area contributed by atoms with Crippen molar-refractivity contribution in [2.24, 2.45) is 5.11 Å². The fourth-order valence-electron chi connectivity index (χ4n) is 1.54. The second-order valence-electron chi connectivity index (χ2n) is 2.98. The van der Waals surface area contributed by atoms with Gasteiger partial charge < -0.3 is 9.47 Å². The number of azide groups is 1. The Morgan fingerprint density at radius 1 is 1.56 bits per heavy atom. The van der Waals surface area contributed by atoms with Crippen LogP contribution in [-0.2, 0) is 14.3 Å². The molecule has 1 rings (SSSR count). The van der Waals surface area contributed by atoms with Crippen LogP contribution in [0.1, 0.15) is 13.8 Å². The first-order valence-electron chi connectivity index (χ1n) is 4.92. The van der Waals surface area contributed by atoms with Gasteiger partial charge in [-0.1, -0.05) is 12.7 Å². The molecule has 0 aliphatic heterocycles. The minimum atomic E-state index is -1.62. The van der Waals surface area contributed by atoms with Crippen LogP contribution >= 0.6 is 0 Å². The first-order valence-corrected chi connectivity index (χ1v) is 4.92. The minimum absolute atomic E-state index is 0.242. The Hall–Kier alpha value is -1.78. The molecule has 0 saturated carbocycles. The smallest absolute Gasteiger partial charge is 0.268 e. The van der Waals surface area contributed by atoms with Crippen LogP contribution < -0.4 is 0 Å². The van der Waals surface area contributed by atoms with Crippen molar-refractivity contribution in [3.8, 4) is 0 Å². The Morgan fingerprint density at radius 3 is 2.69 bits per heavy atom. The summed E-state index contributed by atoms with van der Waals surface area (Å²) in [5, 5.41) is 3.41. The van der Waals surface area contributed by atoms with E-state index >= 15 is 0 Å². The maximum atomic E-state index is 11.8. The van der Waals surface area contributed by atoms with Crippen molar-refractivity contribution in [3.63, 3.8) is 0 Å². The molecule has 0 saturated heterocycles. The second kappa shape index (κ2) is 4.83. The van der Waals surface area contributed by atoms with E-state index in [2.05, 4.69) is 16.6 Å². The largest absolute Gasteiger partial charge is 0.494 e. The van der Waals surface area contributed by atoms with Gasteiger partial charge in [0.1, 0.15) is 0 Å². The third-order valence-electron chi connectivity index (χ3n) is 2.14. The molecule has 6 heteroatoms. The quantitative estimate of drug-likeness (QED) is 0.392. The van der Waals surface area contributed by atoms with Crippen molar-refractivity contribution in [2.45, 2.75) is 19.6 Å². The predicted molar refractivity (Wildman–Crippen MR) is 57.4 cm³/mol. The van der Waals surface area contributed by atoms with E-state index in [1.807, 2.05) is 0 Å². The van der Waals surface area contributed by atoms with Crippen molar-refractivity contribution in [2.75, 3.05) is 13.2 Å². The molecule has 0 bridgehead atoms. The number of ether oxygens (including phenoxy) is 2. The third kappa shape index (κ3) is 1.58. The van der Waals surface area contributed by atoms with Crippen LogP contribution in [0.5, 0.6) is 0 Å². The Morgan fingerprint density at radius 2 is 2.25 bits per heavy atom. The molecule has 6 nitrogen and oxygen atoms in total. The lowest BCUT2D eigenvalue weighted by atomic mass is 9.85. The minimum Gasteiger partial charge on any atom is -0.494 e. The summed E-state index contributed by atoms with van der Waals surface area (Å²) in [5.74, 6) is -0.166. The van der Waals surface area contributed by atoms with Gasteiger partial charge in [0.15, 0.2) is 5.76 Å². The zero-order valence-corrected chi connectivity index (χ0v) is 9.27. The zero-order valence-electron chi connectivity index (χ0n) is 9.27. The number of hydrogen-bond acceptors (Lipinski definition) is 4. The average Bonchev–Trinajstić information content (AvgIpc) is 2.28. The van der Waals surface area contributed by atoms with E-state index in [1.165, 1.54) is 6.08 Å². The summed E-state index contributed by atoms with van der Waals surface area (Å²) in [6, 6.07) is 0. The molecule has 16 heavy (non-hydrogen) atoms. The van der Waals surface area contributed by atoms with Gasteiger partial charge in [0.25, 0.3) is 5.72 Å². The van der Waals surface area contributed by atoms with Crippen LogP contribution in [-0.4, -0.2) is 24.7 Å². The number of carbonyl (C=O) groups is 1. The average molecular weight is 223 g/mol. The summed E-state index contributed by atoms with van der Waals surface area (Å²) >= 11 is 0. The normalized spacial score (nSPS) is 23.5. The first kappa shape index (κ1) is 12.3. The van der Waals surface area contributed by atoms with Gasteiger partial charge in [0, 0.05) is 11.5 Å². The molecule has 0 N–H and O–H groups in total. The van der Waals surface area contributed by atoms with Gasteiger partial charge in [0.2, 0.25) is 5.78 Å². The second-order valence-corrected chi connectivity index (χ2v) is 2.98. The third-order valence-corrected chi connectivity index (χ3v) is 2.14. The van der Waals surface area contributed by atoms with Crippen LogP contribution in [0.15, 0.2) is 29.1 Å². The monoisotopic (exact) mass is 223 g/mol. The lowest BCUT2D eigenvalue weighted by Gasteiger charge is -2.37. The standard InChI is InChI=1S/C10H13N3O3/c1-4-7-8(14)10(12-13-11,16-6-3)9(7)15-5-2/h4H,1,5-6H2,2-3H3. The number of nitrogens with zero attached hydrogens (tertiary/aromatic N) is 3. The highest BCUT2D eigenvalue weighted by Gasteiger charge is 2.55. The summed E-state index contributed by atoms with van der Waals surface area (Å²) in [4.78, 5) is 14.4. The first-order chi connectivity index (χ1) is 7.67. The summed E-state index contributed by atoms with van der Waals surface area (Å²) in [6.45, 7) is 7.57. The van der Waals surface area contributed by atoms with Crippen LogP contribution in [0.25, 0.3) is 10.4 Å². The van der Waals surface area contributed by atoms with E-state index in [0.29, 0.717) is 12.2 Å². The van der Waals surface area contributed by atoms with Gasteiger partial charge in [-0.05, 0) is 24.5 Å². The highest BCUT2D eigenvalue weighted by atomic mass is 16.6. The summed E-state index contributed by atoms with van der Waals surface area (Å²) in [5.41, 5.74) is 7.16. The number of ketones is 1. The molecule has 0 aromatic rings. The number of Topliss-reactive ketones (excluding diaryl/α,β-unsaturated/α-hetero) is 1. The van der Waals surface area contributed by atoms with E-state index < -0.39 is 11.5 Å². The molecule has 1 aliphatic rings. The van der Waals surface area contributed by atoms with Gasteiger partial charge in [-0.2, -0.15) is 0 Å². The van der Waals surface area contributed by atoms with Crippen molar-refractivity contribution < 1.29 is 14.3 Å². The highest BCUT2D eigenvalue weighted by molar-refractivity contribution is 6.13. The van der Waals surface area contributed by atoms with Gasteiger partial charge in [-0.15, -0.1) is 0 Å². The Balaban J connectivity index is 3.21. The molecule has 0 heterocycles. The molecule has 0 aromatic carbocycles. The van der Waals surface area contributed by atoms with Crippen molar-refractivity contribution in [1.82, 2.24) is 0 Å². The molecule has 86 valence electrons. The zero-order chi connectivity index (χ0) is 12.2. The van der Waals surface area contributed by atoms with E-state index in [1.54, 1.807) is 13.8 Å². The fraction of sp³-hybridized carbons (Fsp3) is 0.500. The van der Waals surface area contributed by atoms with Crippen LogP contribution in [0.2, 0.25) is 0 Å². The SMILES string of the molecule is C=CC1=C(OCC)C(N=[N+]=[N-])(OCC)C1=O. The van der Waals surface area contributed by atoms with E-state index in [-0.39, 0.29) is 12.4 Å². The summed E-state index contributed by atoms with van der Waals surface area (Å²) in [6.07, 6.45) is 1.37. The molecule has 1 atom stereocenters. The predicted octanol–water partition coefficient (Wildman–Crippen LogP) is 2.09. The summed E-state index contributed by atoms with van der Waals surface area (Å²) < 4.78 is 10.5. The lowest BCUT2D eigenvalue weighted by Crippen LogP contribution is -2.51. The number of hydrogen-bond donors (Lipinski definition) is 0. The molecule has 0 fully saturated rings. The molecule has 1 unspecified atom stereocenters. The molecular formula is C10H13N3O3. The molecular weight excluding hydrogens is 210 g/mol. The topological polar surface area (TPSA) is 84.3 Å². The number of allylic oxidation sites excluding steroid dienone is 1. The fourth-order valence-corrected chi connectivity index (χ4v) is 1.54. The number of carbonyl (C=O) groups excluding carboxylic acids is 1. The Kier molecular flexibility index (Phi) is 3.71. The summed E-state index contributed by atoms with van der Waals surface area (Å²) in [7, 11) is 0. The maximum absolute atomic E-state index is 11.8. The van der Waals surface area contributed by atoms with Crippen LogP contribution in [0.3, 0.4) is 0 Å². The molecule has 0 radical (unpaired) electrons. The van der Waals surface area contributed by atoms with Crippen molar-refractivity contribution in [1.29, 1.82) is 0 Å². The van der Waals surface area contributed by atoms with E-state index in [0.717, 1.165) is 0 Å². The van der Waals surface area contributed by atoms with E-state index in [9.17, 15) is 4.79 Å². The Labute approximate surface area is 93.2 Å². The Bertz CT molecular complexity index is 396. The van der Waals surface area contributed by atoms with E-state index in [4.69, 9.17) is 15.0 Å². The molecule has 1 aliphatic carbocycles. The van der Waals surface area contributed by atoms with Gasteiger partial charge in [-0.25, -0.2) is 0 Å². The van der Waals surface area contributed by atoms with Crippen molar-refractivity contribution >= 4 is 5.78 Å². The molecule has 0 spiro atoms. The lowest BCUT2D eigenvalue weighted by molar-refractivity contribution is -0.146. The van der Waals surface area contributed by atoms with Gasteiger partial charge >= 0.3 is 0 Å².